The Balaban J connectivity index is 2.15. The van der Waals surface area contributed by atoms with E-state index in [0.29, 0.717) is 20.7 Å². The van der Waals surface area contributed by atoms with Crippen LogP contribution in [0.15, 0.2) is 42.6 Å². The van der Waals surface area contributed by atoms with E-state index in [1.54, 1.807) is 22.8 Å². The lowest BCUT2D eigenvalue weighted by Gasteiger charge is -2.19. The molecule has 3 aromatic rings. The van der Waals surface area contributed by atoms with Crippen LogP contribution < -0.4 is 3.71 Å². The molecule has 0 atom stereocenters. The summed E-state index contributed by atoms with van der Waals surface area (Å²) in [6, 6.07) is 9.84. The van der Waals surface area contributed by atoms with Crippen LogP contribution in [0.2, 0.25) is 0 Å². The first kappa shape index (κ1) is 17.4. The summed E-state index contributed by atoms with van der Waals surface area (Å²) < 4.78 is 49.7. The first-order chi connectivity index (χ1) is 11.6. The Bertz CT molecular complexity index is 1140. The van der Waals surface area contributed by atoms with Crippen molar-refractivity contribution < 1.29 is 16.8 Å². The summed E-state index contributed by atoms with van der Waals surface area (Å²) >= 11 is 0. The molecule has 25 heavy (non-hydrogen) atoms. The Morgan fingerprint density at radius 3 is 2.32 bits per heavy atom. The van der Waals surface area contributed by atoms with Crippen molar-refractivity contribution in [2.45, 2.75) is 6.92 Å². The second kappa shape index (κ2) is 5.81. The van der Waals surface area contributed by atoms with Crippen molar-refractivity contribution in [1.29, 1.82) is 0 Å². The molecule has 3 rings (SSSR count). The van der Waals surface area contributed by atoms with Crippen LogP contribution >= 0.6 is 0 Å². The summed E-state index contributed by atoms with van der Waals surface area (Å²) in [4.78, 5) is 4.40. The second-order valence-electron chi connectivity index (χ2n) is 5.72. The summed E-state index contributed by atoms with van der Waals surface area (Å²) in [5, 5.41) is 4.34. The normalized spacial score (nSPS) is 12.4. The third kappa shape index (κ3) is 3.49. The van der Waals surface area contributed by atoms with Gasteiger partial charge in [-0.05, 0) is 36.8 Å². The van der Waals surface area contributed by atoms with Gasteiger partial charge in [-0.1, -0.05) is 12.1 Å². The molecule has 0 aliphatic carbocycles. The van der Waals surface area contributed by atoms with Crippen molar-refractivity contribution in [3.05, 3.63) is 48.2 Å². The molecule has 0 spiro atoms. The standard InChI is InChI=1S/C15H16N4O4S2/c1-11-7-8-18-14(9-11)16-15(17-18)12-5-4-6-13(10-12)19(24(2,20)21)25(3,22)23/h4-10H,1-3H3. The highest BCUT2D eigenvalue weighted by molar-refractivity contribution is 8.09. The van der Waals surface area contributed by atoms with E-state index < -0.39 is 20.0 Å². The van der Waals surface area contributed by atoms with Gasteiger partial charge in [0, 0.05) is 11.8 Å². The highest BCUT2D eigenvalue weighted by Crippen LogP contribution is 2.26. The van der Waals surface area contributed by atoms with Crippen molar-refractivity contribution in [3.63, 3.8) is 0 Å². The average molecular weight is 380 g/mol. The number of sulfonamides is 2. The molecule has 0 saturated heterocycles. The first-order valence-electron chi connectivity index (χ1n) is 7.20. The molecule has 1 aromatic carbocycles. The van der Waals surface area contributed by atoms with Gasteiger partial charge >= 0.3 is 0 Å². The van der Waals surface area contributed by atoms with Gasteiger partial charge in [-0.25, -0.2) is 26.3 Å². The van der Waals surface area contributed by atoms with Crippen molar-refractivity contribution in [3.8, 4) is 11.4 Å². The van der Waals surface area contributed by atoms with E-state index in [4.69, 9.17) is 0 Å². The minimum atomic E-state index is -4.01. The lowest BCUT2D eigenvalue weighted by Crippen LogP contribution is -2.35. The predicted molar refractivity (Wildman–Crippen MR) is 95.3 cm³/mol. The lowest BCUT2D eigenvalue weighted by molar-refractivity contribution is 0.590. The zero-order valence-corrected chi connectivity index (χ0v) is 15.4. The third-order valence-electron chi connectivity index (χ3n) is 3.41. The van der Waals surface area contributed by atoms with Gasteiger partial charge in [0.2, 0.25) is 20.0 Å². The topological polar surface area (TPSA) is 102 Å². The van der Waals surface area contributed by atoms with Gasteiger partial charge in [-0.15, -0.1) is 5.10 Å². The van der Waals surface area contributed by atoms with Gasteiger partial charge in [0.05, 0.1) is 18.2 Å². The highest BCUT2D eigenvalue weighted by atomic mass is 32.3. The van der Waals surface area contributed by atoms with E-state index in [1.807, 2.05) is 19.1 Å². The number of hydrogen-bond acceptors (Lipinski definition) is 6. The van der Waals surface area contributed by atoms with E-state index in [0.717, 1.165) is 18.1 Å². The van der Waals surface area contributed by atoms with Gasteiger partial charge in [-0.3, -0.25) is 0 Å². The summed E-state index contributed by atoms with van der Waals surface area (Å²) in [6.07, 6.45) is 3.45. The number of aromatic nitrogens is 3. The number of aryl methyl sites for hydroxylation is 1. The molecule has 0 bridgehead atoms. The maximum Gasteiger partial charge on any atom is 0.245 e. The number of fused-ring (bicyclic) bond motifs is 1. The molecule has 0 aliphatic rings. The van der Waals surface area contributed by atoms with Gasteiger partial charge in [0.25, 0.3) is 0 Å². The molecule has 8 nitrogen and oxygen atoms in total. The van der Waals surface area contributed by atoms with Crippen molar-refractivity contribution >= 4 is 31.4 Å². The van der Waals surface area contributed by atoms with Gasteiger partial charge < -0.3 is 0 Å². The molecule has 0 radical (unpaired) electrons. The molecule has 10 heteroatoms. The Morgan fingerprint density at radius 1 is 1.00 bits per heavy atom. The summed E-state index contributed by atoms with van der Waals surface area (Å²) in [7, 11) is -8.01. The number of rotatable bonds is 4. The van der Waals surface area contributed by atoms with Crippen molar-refractivity contribution in [2.75, 3.05) is 16.2 Å². The Kier molecular flexibility index (Phi) is 4.04. The number of anilines is 1. The molecule has 2 aromatic heterocycles. The minimum Gasteiger partial charge on any atom is -0.221 e. The van der Waals surface area contributed by atoms with Crippen molar-refractivity contribution in [2.24, 2.45) is 0 Å². The number of hydrogen-bond donors (Lipinski definition) is 0. The zero-order chi connectivity index (χ0) is 18.4. The van der Waals surface area contributed by atoms with Crippen LogP contribution in [0.25, 0.3) is 17.0 Å². The fraction of sp³-hybridized carbons (Fsp3) is 0.200. The molecule has 0 saturated carbocycles. The van der Waals surface area contributed by atoms with E-state index in [-0.39, 0.29) is 5.69 Å². The predicted octanol–water partition coefficient (Wildman–Crippen LogP) is 1.43. The van der Waals surface area contributed by atoms with Crippen LogP contribution in [0.4, 0.5) is 5.69 Å². The molecular weight excluding hydrogens is 364 g/mol. The monoisotopic (exact) mass is 380 g/mol. The third-order valence-corrected chi connectivity index (χ3v) is 6.66. The van der Waals surface area contributed by atoms with Crippen LogP contribution in [-0.2, 0) is 20.0 Å². The van der Waals surface area contributed by atoms with Crippen LogP contribution in [-0.4, -0.2) is 43.9 Å². The molecule has 0 unspecified atom stereocenters. The summed E-state index contributed by atoms with van der Waals surface area (Å²) in [5.41, 5.74) is 2.19. The maximum absolute atomic E-state index is 11.9. The smallest absolute Gasteiger partial charge is 0.221 e. The SMILES string of the molecule is Cc1ccn2nc(-c3cccc(N(S(C)(=O)=O)S(C)(=O)=O)c3)nc2c1. The lowest BCUT2D eigenvalue weighted by atomic mass is 10.2. The number of pyridine rings is 1. The van der Waals surface area contributed by atoms with E-state index in [1.165, 1.54) is 12.1 Å². The van der Waals surface area contributed by atoms with Gasteiger partial charge in [0.15, 0.2) is 11.5 Å². The Hall–Kier alpha value is -2.46. The number of nitrogens with zero attached hydrogens (tertiary/aromatic N) is 4. The van der Waals surface area contributed by atoms with Gasteiger partial charge in [-0.2, -0.15) is 3.71 Å². The largest absolute Gasteiger partial charge is 0.245 e. The fourth-order valence-corrected chi connectivity index (χ4v) is 5.45. The molecular formula is C15H16N4O4S2. The molecule has 0 aliphatic heterocycles. The average Bonchev–Trinajstić information content (AvgIpc) is 2.87. The summed E-state index contributed by atoms with van der Waals surface area (Å²) in [6.45, 7) is 1.94. The van der Waals surface area contributed by atoms with Crippen LogP contribution in [0.5, 0.6) is 0 Å². The van der Waals surface area contributed by atoms with E-state index in [9.17, 15) is 16.8 Å². The minimum absolute atomic E-state index is 0.0116. The molecule has 132 valence electrons. The maximum atomic E-state index is 11.9. The van der Waals surface area contributed by atoms with E-state index in [2.05, 4.69) is 10.1 Å². The highest BCUT2D eigenvalue weighted by Gasteiger charge is 2.27. The Labute approximate surface area is 145 Å². The van der Waals surface area contributed by atoms with Crippen molar-refractivity contribution in [1.82, 2.24) is 14.6 Å². The number of benzene rings is 1. The quantitative estimate of drug-likeness (QED) is 0.678. The van der Waals surface area contributed by atoms with Crippen LogP contribution in [0, 0.1) is 6.92 Å². The molecule has 2 heterocycles. The second-order valence-corrected chi connectivity index (χ2v) is 9.61. The van der Waals surface area contributed by atoms with E-state index >= 15 is 0 Å². The zero-order valence-electron chi connectivity index (χ0n) is 13.8. The fourth-order valence-electron chi connectivity index (χ4n) is 2.49. The summed E-state index contributed by atoms with van der Waals surface area (Å²) in [5.74, 6) is 0.370. The Morgan fingerprint density at radius 2 is 1.68 bits per heavy atom. The molecule has 0 N–H and O–H groups in total. The van der Waals surface area contributed by atoms with Crippen LogP contribution in [0.3, 0.4) is 0 Å². The molecule has 0 amide bonds. The van der Waals surface area contributed by atoms with Crippen LogP contribution in [0.1, 0.15) is 5.56 Å². The molecule has 0 fully saturated rings. The first-order valence-corrected chi connectivity index (χ1v) is 10.9. The van der Waals surface area contributed by atoms with Gasteiger partial charge in [0.1, 0.15) is 0 Å².